The van der Waals surface area contributed by atoms with Crippen molar-refractivity contribution in [1.82, 2.24) is 0 Å². The zero-order chi connectivity index (χ0) is 13.9. The van der Waals surface area contributed by atoms with E-state index in [1.807, 2.05) is 0 Å². The van der Waals surface area contributed by atoms with Crippen molar-refractivity contribution in [3.05, 3.63) is 63.6 Å². The molecule has 0 fully saturated rings. The highest BCUT2D eigenvalue weighted by Crippen LogP contribution is 2.17. The monoisotopic (exact) mass is 359 g/mol. The summed E-state index contributed by atoms with van der Waals surface area (Å²) in [4.78, 5) is 0. The molecule has 0 aliphatic heterocycles. The van der Waals surface area contributed by atoms with Gasteiger partial charge in [-0.25, -0.2) is 8.42 Å². The van der Waals surface area contributed by atoms with Crippen molar-refractivity contribution < 1.29 is 8.42 Å². The number of hydrogen-bond acceptors (Lipinski definition) is 2. The molecule has 0 spiro atoms. The van der Waals surface area contributed by atoms with Gasteiger partial charge in [-0.1, -0.05) is 39.7 Å². The SMILES string of the molecule is O=S(=O)(Cc1ccc(Cl)cc1)Nc1ccc(Br)cc1. The van der Waals surface area contributed by atoms with Crippen LogP contribution in [0.15, 0.2) is 53.0 Å². The molecule has 0 amide bonds. The molecule has 2 rings (SSSR count). The van der Waals surface area contributed by atoms with E-state index in [9.17, 15) is 8.42 Å². The van der Waals surface area contributed by atoms with Gasteiger partial charge in [0, 0.05) is 15.2 Å². The molecule has 0 bridgehead atoms. The predicted octanol–water partition coefficient (Wildman–Crippen LogP) is 4.04. The minimum Gasteiger partial charge on any atom is -0.283 e. The van der Waals surface area contributed by atoms with Crippen LogP contribution in [0.25, 0.3) is 0 Å². The van der Waals surface area contributed by atoms with Gasteiger partial charge < -0.3 is 0 Å². The highest BCUT2D eigenvalue weighted by atomic mass is 79.9. The molecular weight excluding hydrogens is 350 g/mol. The number of benzene rings is 2. The second-order valence-electron chi connectivity index (χ2n) is 3.99. The largest absolute Gasteiger partial charge is 0.283 e. The zero-order valence-corrected chi connectivity index (χ0v) is 13.0. The quantitative estimate of drug-likeness (QED) is 0.894. The average molecular weight is 361 g/mol. The van der Waals surface area contributed by atoms with Gasteiger partial charge in [-0.05, 0) is 42.0 Å². The maximum absolute atomic E-state index is 12.0. The Morgan fingerprint density at radius 2 is 1.58 bits per heavy atom. The Morgan fingerprint density at radius 3 is 2.16 bits per heavy atom. The number of sulfonamides is 1. The van der Waals surface area contributed by atoms with Crippen LogP contribution >= 0.6 is 27.5 Å². The second-order valence-corrected chi connectivity index (χ2v) is 7.07. The summed E-state index contributed by atoms with van der Waals surface area (Å²) < 4.78 is 27.4. The van der Waals surface area contributed by atoms with Crippen molar-refractivity contribution in [3.63, 3.8) is 0 Å². The summed E-state index contributed by atoms with van der Waals surface area (Å²) in [6, 6.07) is 13.7. The third-order valence-electron chi connectivity index (χ3n) is 2.39. The second kappa shape index (κ2) is 5.94. The van der Waals surface area contributed by atoms with Crippen LogP contribution in [0.5, 0.6) is 0 Å². The number of nitrogens with one attached hydrogen (secondary N) is 1. The number of hydrogen-bond donors (Lipinski definition) is 1. The molecule has 0 unspecified atom stereocenters. The molecule has 6 heteroatoms. The maximum atomic E-state index is 12.0. The van der Waals surface area contributed by atoms with Gasteiger partial charge in [0.05, 0.1) is 5.75 Å². The average Bonchev–Trinajstić information content (AvgIpc) is 2.34. The van der Waals surface area contributed by atoms with Crippen LogP contribution in [0, 0.1) is 0 Å². The summed E-state index contributed by atoms with van der Waals surface area (Å²) in [6.45, 7) is 0. The molecule has 0 saturated heterocycles. The van der Waals surface area contributed by atoms with Crippen molar-refractivity contribution in [1.29, 1.82) is 0 Å². The number of rotatable bonds is 4. The summed E-state index contributed by atoms with van der Waals surface area (Å²) in [5, 5.41) is 0.585. The van der Waals surface area contributed by atoms with Crippen LogP contribution < -0.4 is 4.72 Å². The number of anilines is 1. The Labute approximate surface area is 125 Å². The molecule has 0 saturated carbocycles. The highest BCUT2D eigenvalue weighted by Gasteiger charge is 2.11. The molecular formula is C13H11BrClNO2S. The first-order valence-corrected chi connectivity index (χ1v) is 8.27. The van der Waals surface area contributed by atoms with E-state index in [2.05, 4.69) is 20.7 Å². The van der Waals surface area contributed by atoms with Crippen LogP contribution in [0.3, 0.4) is 0 Å². The first kappa shape index (κ1) is 14.4. The van der Waals surface area contributed by atoms with Crippen LogP contribution in [-0.4, -0.2) is 8.42 Å². The Hall–Kier alpha value is -1.04. The van der Waals surface area contributed by atoms with E-state index < -0.39 is 10.0 Å². The number of halogens is 2. The Balaban J connectivity index is 2.10. The molecule has 19 heavy (non-hydrogen) atoms. The summed E-state index contributed by atoms with van der Waals surface area (Å²) >= 11 is 9.05. The molecule has 0 atom stereocenters. The molecule has 0 aliphatic rings. The van der Waals surface area contributed by atoms with Crippen LogP contribution in [0.2, 0.25) is 5.02 Å². The lowest BCUT2D eigenvalue weighted by atomic mass is 10.2. The van der Waals surface area contributed by atoms with Gasteiger partial charge in [0.15, 0.2) is 0 Å². The summed E-state index contributed by atoms with van der Waals surface area (Å²) in [5.74, 6) is -0.0831. The van der Waals surface area contributed by atoms with Crippen LogP contribution in [-0.2, 0) is 15.8 Å². The molecule has 0 radical (unpaired) electrons. The van der Waals surface area contributed by atoms with Crippen LogP contribution in [0.4, 0.5) is 5.69 Å². The van der Waals surface area contributed by atoms with Gasteiger partial charge in [-0.3, -0.25) is 4.72 Å². The lowest BCUT2D eigenvalue weighted by Gasteiger charge is -2.08. The van der Waals surface area contributed by atoms with Gasteiger partial charge in [0.25, 0.3) is 0 Å². The summed E-state index contributed by atoms with van der Waals surface area (Å²) in [6.07, 6.45) is 0. The predicted molar refractivity (Wildman–Crippen MR) is 81.8 cm³/mol. The molecule has 2 aromatic rings. The van der Waals surface area contributed by atoms with Gasteiger partial charge in [-0.2, -0.15) is 0 Å². The lowest BCUT2D eigenvalue weighted by molar-refractivity contribution is 0.600. The van der Waals surface area contributed by atoms with Crippen LogP contribution in [0.1, 0.15) is 5.56 Å². The fourth-order valence-corrected chi connectivity index (χ4v) is 3.12. The van der Waals surface area contributed by atoms with Gasteiger partial charge in [0.1, 0.15) is 0 Å². The first-order valence-electron chi connectivity index (χ1n) is 5.45. The molecule has 1 N–H and O–H groups in total. The van der Waals surface area contributed by atoms with E-state index in [-0.39, 0.29) is 5.75 Å². The van der Waals surface area contributed by atoms with Crippen molar-refractivity contribution in [2.45, 2.75) is 5.75 Å². The topological polar surface area (TPSA) is 46.2 Å². The van der Waals surface area contributed by atoms with Crippen molar-refractivity contribution >= 4 is 43.2 Å². The summed E-state index contributed by atoms with van der Waals surface area (Å²) in [5.41, 5.74) is 1.23. The lowest BCUT2D eigenvalue weighted by Crippen LogP contribution is -2.14. The fraction of sp³-hybridized carbons (Fsp3) is 0.0769. The molecule has 2 aromatic carbocycles. The van der Waals surface area contributed by atoms with E-state index >= 15 is 0 Å². The first-order chi connectivity index (χ1) is 8.94. The standard InChI is InChI=1S/C13H11BrClNO2S/c14-11-3-7-13(8-4-11)16-19(17,18)9-10-1-5-12(15)6-2-10/h1-8,16H,9H2. The summed E-state index contributed by atoms with van der Waals surface area (Å²) in [7, 11) is -3.42. The molecule has 0 heterocycles. The van der Waals surface area contributed by atoms with Gasteiger partial charge in [0.2, 0.25) is 10.0 Å². The van der Waals surface area contributed by atoms with Gasteiger partial charge in [-0.15, -0.1) is 0 Å². The van der Waals surface area contributed by atoms with Gasteiger partial charge >= 0.3 is 0 Å². The minimum atomic E-state index is -3.42. The smallest absolute Gasteiger partial charge is 0.236 e. The maximum Gasteiger partial charge on any atom is 0.236 e. The molecule has 0 aromatic heterocycles. The van der Waals surface area contributed by atoms with E-state index in [0.717, 1.165) is 4.47 Å². The molecule has 3 nitrogen and oxygen atoms in total. The van der Waals surface area contributed by atoms with E-state index in [4.69, 9.17) is 11.6 Å². The molecule has 100 valence electrons. The normalized spacial score (nSPS) is 11.3. The third-order valence-corrected chi connectivity index (χ3v) is 4.43. The third kappa shape index (κ3) is 4.53. The van der Waals surface area contributed by atoms with Crippen molar-refractivity contribution in [3.8, 4) is 0 Å². The minimum absolute atomic E-state index is 0.0831. The Kier molecular flexibility index (Phi) is 4.50. The fourth-order valence-electron chi connectivity index (χ4n) is 1.53. The van der Waals surface area contributed by atoms with E-state index in [1.165, 1.54) is 0 Å². The Bertz CT molecular complexity index is 601. The zero-order valence-electron chi connectivity index (χ0n) is 9.81. The van der Waals surface area contributed by atoms with E-state index in [0.29, 0.717) is 16.3 Å². The highest BCUT2D eigenvalue weighted by molar-refractivity contribution is 9.10. The van der Waals surface area contributed by atoms with E-state index in [1.54, 1.807) is 48.5 Å². The Morgan fingerprint density at radius 1 is 1.00 bits per heavy atom. The van der Waals surface area contributed by atoms with Crippen molar-refractivity contribution in [2.75, 3.05) is 4.72 Å². The molecule has 0 aliphatic carbocycles. The van der Waals surface area contributed by atoms with Crippen molar-refractivity contribution in [2.24, 2.45) is 0 Å².